The van der Waals surface area contributed by atoms with Crippen molar-refractivity contribution < 1.29 is 24.2 Å². The molecular formula is C15H25N3O5. The SMILES string of the molecule is CCN(CC(=O)O)C1CC(NC(=O)N2CCC(C(=O)OC)C2)C1. The third-order valence-electron chi connectivity index (χ3n) is 4.71. The first-order valence-corrected chi connectivity index (χ1v) is 8.03. The Labute approximate surface area is 135 Å². The number of likely N-dealkylation sites (N-methyl/N-ethyl adjacent to an activating group) is 1. The lowest BCUT2D eigenvalue weighted by atomic mass is 9.85. The Morgan fingerprint density at radius 2 is 2.04 bits per heavy atom. The lowest BCUT2D eigenvalue weighted by Crippen LogP contribution is -2.56. The molecule has 0 bridgehead atoms. The largest absolute Gasteiger partial charge is 0.480 e. The van der Waals surface area contributed by atoms with Crippen molar-refractivity contribution in [2.75, 3.05) is 33.3 Å². The Morgan fingerprint density at radius 3 is 2.61 bits per heavy atom. The van der Waals surface area contributed by atoms with Crippen molar-refractivity contribution in [2.45, 2.75) is 38.3 Å². The van der Waals surface area contributed by atoms with E-state index in [2.05, 4.69) is 5.32 Å². The number of nitrogens with zero attached hydrogens (tertiary/aromatic N) is 2. The highest BCUT2D eigenvalue weighted by Crippen LogP contribution is 2.26. The summed E-state index contributed by atoms with van der Waals surface area (Å²) in [7, 11) is 1.36. The zero-order valence-corrected chi connectivity index (χ0v) is 13.7. The van der Waals surface area contributed by atoms with E-state index in [9.17, 15) is 14.4 Å². The van der Waals surface area contributed by atoms with Crippen molar-refractivity contribution in [1.29, 1.82) is 0 Å². The van der Waals surface area contributed by atoms with Crippen LogP contribution in [0.3, 0.4) is 0 Å². The number of methoxy groups -OCH3 is 1. The van der Waals surface area contributed by atoms with Crippen LogP contribution >= 0.6 is 0 Å². The van der Waals surface area contributed by atoms with Crippen molar-refractivity contribution >= 4 is 18.0 Å². The molecule has 1 saturated carbocycles. The van der Waals surface area contributed by atoms with Crippen molar-refractivity contribution in [3.63, 3.8) is 0 Å². The van der Waals surface area contributed by atoms with Crippen LogP contribution in [-0.4, -0.2) is 78.2 Å². The van der Waals surface area contributed by atoms with Gasteiger partial charge < -0.3 is 20.1 Å². The molecule has 0 aromatic rings. The number of likely N-dealkylation sites (tertiary alicyclic amines) is 1. The van der Waals surface area contributed by atoms with Gasteiger partial charge in [0.15, 0.2) is 0 Å². The number of carboxylic acid groups (broad SMARTS) is 1. The predicted molar refractivity (Wildman–Crippen MR) is 81.9 cm³/mol. The van der Waals surface area contributed by atoms with Crippen LogP contribution in [0.15, 0.2) is 0 Å². The summed E-state index contributed by atoms with van der Waals surface area (Å²) in [4.78, 5) is 38.0. The molecule has 1 aliphatic carbocycles. The second-order valence-electron chi connectivity index (χ2n) is 6.18. The Morgan fingerprint density at radius 1 is 1.35 bits per heavy atom. The molecule has 2 N–H and O–H groups in total. The van der Waals surface area contributed by atoms with E-state index in [-0.39, 0.29) is 36.5 Å². The normalized spacial score (nSPS) is 26.7. The van der Waals surface area contributed by atoms with Crippen LogP contribution < -0.4 is 5.32 Å². The molecule has 0 radical (unpaired) electrons. The second kappa shape index (κ2) is 7.63. The Kier molecular flexibility index (Phi) is 5.81. The average molecular weight is 327 g/mol. The summed E-state index contributed by atoms with van der Waals surface area (Å²) in [5, 5.41) is 11.8. The lowest BCUT2D eigenvalue weighted by molar-refractivity contribution is -0.145. The van der Waals surface area contributed by atoms with E-state index in [4.69, 9.17) is 9.84 Å². The van der Waals surface area contributed by atoms with Gasteiger partial charge in [0.1, 0.15) is 0 Å². The van der Waals surface area contributed by atoms with Gasteiger partial charge in [0.25, 0.3) is 0 Å². The number of hydrogen-bond donors (Lipinski definition) is 2. The first-order valence-electron chi connectivity index (χ1n) is 8.03. The number of ether oxygens (including phenoxy) is 1. The molecule has 0 spiro atoms. The minimum Gasteiger partial charge on any atom is -0.480 e. The zero-order chi connectivity index (χ0) is 17.0. The summed E-state index contributed by atoms with van der Waals surface area (Å²) >= 11 is 0. The molecule has 1 heterocycles. The lowest BCUT2D eigenvalue weighted by Gasteiger charge is -2.42. The van der Waals surface area contributed by atoms with Gasteiger partial charge >= 0.3 is 18.0 Å². The van der Waals surface area contributed by atoms with Crippen LogP contribution in [0, 0.1) is 5.92 Å². The third-order valence-corrected chi connectivity index (χ3v) is 4.71. The Bertz CT molecular complexity index is 464. The molecule has 8 heteroatoms. The molecule has 0 aromatic heterocycles. The van der Waals surface area contributed by atoms with Crippen molar-refractivity contribution in [3.8, 4) is 0 Å². The first kappa shape index (κ1) is 17.5. The van der Waals surface area contributed by atoms with E-state index >= 15 is 0 Å². The van der Waals surface area contributed by atoms with E-state index in [1.165, 1.54) is 7.11 Å². The van der Waals surface area contributed by atoms with Crippen LogP contribution in [0.4, 0.5) is 4.79 Å². The molecule has 8 nitrogen and oxygen atoms in total. The van der Waals surface area contributed by atoms with E-state index in [0.717, 1.165) is 12.8 Å². The Hall–Kier alpha value is -1.83. The van der Waals surface area contributed by atoms with Crippen LogP contribution in [0.1, 0.15) is 26.2 Å². The summed E-state index contributed by atoms with van der Waals surface area (Å²) in [6.07, 6.45) is 2.16. The van der Waals surface area contributed by atoms with E-state index in [1.807, 2.05) is 11.8 Å². The average Bonchev–Trinajstić information content (AvgIpc) is 2.97. The smallest absolute Gasteiger partial charge is 0.317 e. The van der Waals surface area contributed by atoms with Crippen molar-refractivity contribution in [1.82, 2.24) is 15.1 Å². The van der Waals surface area contributed by atoms with E-state index in [1.54, 1.807) is 4.90 Å². The molecule has 1 aliphatic heterocycles. The second-order valence-corrected chi connectivity index (χ2v) is 6.18. The topological polar surface area (TPSA) is 99.2 Å². The molecule has 1 atom stereocenters. The number of esters is 1. The molecule has 130 valence electrons. The maximum atomic E-state index is 12.2. The summed E-state index contributed by atoms with van der Waals surface area (Å²) in [5.41, 5.74) is 0. The summed E-state index contributed by atoms with van der Waals surface area (Å²) in [6.45, 7) is 3.61. The molecule has 23 heavy (non-hydrogen) atoms. The number of amides is 2. The van der Waals surface area contributed by atoms with E-state index in [0.29, 0.717) is 26.1 Å². The number of carbonyl (C=O) groups excluding carboxylic acids is 2. The van der Waals surface area contributed by atoms with Crippen molar-refractivity contribution in [3.05, 3.63) is 0 Å². The molecule has 2 amide bonds. The fraction of sp³-hybridized carbons (Fsp3) is 0.800. The van der Waals surface area contributed by atoms with Crippen LogP contribution in [0.2, 0.25) is 0 Å². The number of rotatable bonds is 6. The molecule has 2 fully saturated rings. The minimum absolute atomic E-state index is 0.0365. The number of hydrogen-bond acceptors (Lipinski definition) is 5. The highest BCUT2D eigenvalue weighted by atomic mass is 16.5. The molecule has 1 saturated heterocycles. The van der Waals surface area contributed by atoms with Crippen molar-refractivity contribution in [2.24, 2.45) is 5.92 Å². The molecule has 1 unspecified atom stereocenters. The minimum atomic E-state index is -0.828. The van der Waals surface area contributed by atoms with Gasteiger partial charge in [-0.3, -0.25) is 14.5 Å². The number of urea groups is 1. The molecular weight excluding hydrogens is 302 g/mol. The standard InChI is InChI=1S/C15H25N3O5/c1-3-17(9-13(19)20)12-6-11(7-12)16-15(22)18-5-4-10(8-18)14(21)23-2/h10-12H,3-9H2,1-2H3,(H,16,22)(H,19,20). The number of nitrogens with one attached hydrogen (secondary N) is 1. The van der Waals surface area contributed by atoms with Gasteiger partial charge in [-0.05, 0) is 25.8 Å². The fourth-order valence-corrected chi connectivity index (χ4v) is 3.25. The van der Waals surface area contributed by atoms with Gasteiger partial charge in [-0.15, -0.1) is 0 Å². The molecule has 2 rings (SSSR count). The van der Waals surface area contributed by atoms with Crippen LogP contribution in [0.25, 0.3) is 0 Å². The van der Waals surface area contributed by atoms with Gasteiger partial charge in [0.2, 0.25) is 0 Å². The number of carboxylic acids is 1. The monoisotopic (exact) mass is 327 g/mol. The zero-order valence-electron chi connectivity index (χ0n) is 13.7. The van der Waals surface area contributed by atoms with Gasteiger partial charge in [-0.25, -0.2) is 4.79 Å². The number of aliphatic carboxylic acids is 1. The molecule has 0 aromatic carbocycles. The van der Waals surface area contributed by atoms with Gasteiger partial charge in [-0.1, -0.05) is 6.92 Å². The van der Waals surface area contributed by atoms with Gasteiger partial charge in [0.05, 0.1) is 19.6 Å². The van der Waals surface area contributed by atoms with Gasteiger partial charge in [0, 0.05) is 25.2 Å². The maximum absolute atomic E-state index is 12.2. The number of carbonyl (C=O) groups is 3. The molecule has 2 aliphatic rings. The van der Waals surface area contributed by atoms with Crippen LogP contribution in [-0.2, 0) is 14.3 Å². The Balaban J connectivity index is 1.72. The maximum Gasteiger partial charge on any atom is 0.317 e. The van der Waals surface area contributed by atoms with Gasteiger partial charge in [-0.2, -0.15) is 0 Å². The summed E-state index contributed by atoms with van der Waals surface area (Å²) in [6, 6.07) is 0.136. The first-order chi connectivity index (χ1) is 10.9. The summed E-state index contributed by atoms with van der Waals surface area (Å²) in [5.74, 6) is -1.33. The van der Waals surface area contributed by atoms with Crippen LogP contribution in [0.5, 0.6) is 0 Å². The highest BCUT2D eigenvalue weighted by molar-refractivity contribution is 5.78. The fourth-order valence-electron chi connectivity index (χ4n) is 3.25. The summed E-state index contributed by atoms with van der Waals surface area (Å²) < 4.78 is 4.71. The van der Waals surface area contributed by atoms with E-state index < -0.39 is 5.97 Å². The third kappa shape index (κ3) is 4.34. The highest BCUT2D eigenvalue weighted by Gasteiger charge is 2.37. The predicted octanol–water partition coefficient (Wildman–Crippen LogP) is 0.128. The quantitative estimate of drug-likeness (QED) is 0.673.